The summed E-state index contributed by atoms with van der Waals surface area (Å²) in [5.74, 6) is -1.18. The number of carbonyl (C=O) groups is 2. The fraction of sp³-hybridized carbons (Fsp3) is 0.222. The zero-order valence-electron chi connectivity index (χ0n) is 19.7. The van der Waals surface area contributed by atoms with E-state index in [4.69, 9.17) is 9.15 Å². The third-order valence-corrected chi connectivity index (χ3v) is 7.10. The molecule has 7 nitrogen and oxygen atoms in total. The molecule has 1 unspecified atom stereocenters. The van der Waals surface area contributed by atoms with Crippen molar-refractivity contribution in [3.63, 3.8) is 0 Å². The van der Waals surface area contributed by atoms with E-state index in [1.165, 1.54) is 29.6 Å². The van der Waals surface area contributed by atoms with Gasteiger partial charge in [0.2, 0.25) is 0 Å². The Morgan fingerprint density at radius 2 is 1.89 bits per heavy atom. The van der Waals surface area contributed by atoms with Gasteiger partial charge in [-0.2, -0.15) is 0 Å². The van der Waals surface area contributed by atoms with E-state index in [0.29, 0.717) is 27.7 Å². The quantitative estimate of drug-likeness (QED) is 0.221. The zero-order chi connectivity index (χ0) is 24.9. The molecule has 0 bridgehead atoms. The van der Waals surface area contributed by atoms with Crippen LogP contribution >= 0.6 is 11.3 Å². The smallest absolute Gasteiger partial charge is 0.302 e. The normalized spacial score (nSPS) is 17.9. The summed E-state index contributed by atoms with van der Waals surface area (Å²) in [6.45, 7) is 6.15. The first-order chi connectivity index (χ1) is 16.7. The highest BCUT2D eigenvalue weighted by molar-refractivity contribution is 7.22. The molecule has 0 saturated carbocycles. The van der Waals surface area contributed by atoms with Gasteiger partial charge >= 0.3 is 5.91 Å². The number of ketones is 1. The molecule has 1 amide bonds. The van der Waals surface area contributed by atoms with Gasteiger partial charge in [0.05, 0.1) is 34.7 Å². The fourth-order valence-electron chi connectivity index (χ4n) is 4.21. The van der Waals surface area contributed by atoms with Gasteiger partial charge in [-0.25, -0.2) is 4.98 Å². The number of ether oxygens (including phenoxy) is 1. The molecule has 4 aromatic rings. The molecule has 1 aliphatic rings. The molecule has 35 heavy (non-hydrogen) atoms. The molecule has 178 valence electrons. The van der Waals surface area contributed by atoms with Gasteiger partial charge in [-0.3, -0.25) is 14.5 Å². The molecule has 3 heterocycles. The average Bonchev–Trinajstić information content (AvgIpc) is 3.56. The van der Waals surface area contributed by atoms with Crippen molar-refractivity contribution in [3.8, 4) is 5.75 Å². The second-order valence-corrected chi connectivity index (χ2v) is 10.3. The first-order valence-corrected chi connectivity index (χ1v) is 11.9. The summed E-state index contributed by atoms with van der Waals surface area (Å²) in [4.78, 5) is 32.6. The number of anilines is 1. The number of furan rings is 1. The Hall–Kier alpha value is -3.91. The second-order valence-electron chi connectivity index (χ2n) is 9.31. The largest absolute Gasteiger partial charge is 0.507 e. The van der Waals surface area contributed by atoms with E-state index in [0.717, 1.165) is 10.3 Å². The van der Waals surface area contributed by atoms with Gasteiger partial charge < -0.3 is 14.3 Å². The van der Waals surface area contributed by atoms with Crippen molar-refractivity contribution >= 4 is 44.1 Å². The lowest BCUT2D eigenvalue weighted by molar-refractivity contribution is -0.132. The summed E-state index contributed by atoms with van der Waals surface area (Å²) in [5, 5.41) is 11.9. The summed E-state index contributed by atoms with van der Waals surface area (Å²) < 4.78 is 12.0. The molecule has 2 aromatic heterocycles. The minimum atomic E-state index is -0.978. The number of Topliss-reactive ketones (excluding diaryl/α,β-unsaturated/α-hetero) is 1. The first kappa shape index (κ1) is 22.9. The summed E-state index contributed by atoms with van der Waals surface area (Å²) in [7, 11) is 1.49. The lowest BCUT2D eigenvalue weighted by Crippen LogP contribution is -2.29. The number of methoxy groups -OCH3 is 1. The van der Waals surface area contributed by atoms with E-state index < -0.39 is 17.7 Å². The molecule has 1 aliphatic heterocycles. The number of thiazole rings is 1. The van der Waals surface area contributed by atoms with Crippen LogP contribution in [0.5, 0.6) is 5.75 Å². The van der Waals surface area contributed by atoms with Crippen LogP contribution in [0.4, 0.5) is 5.13 Å². The monoisotopic (exact) mass is 488 g/mol. The van der Waals surface area contributed by atoms with Crippen molar-refractivity contribution in [1.29, 1.82) is 0 Å². The fourth-order valence-corrected chi connectivity index (χ4v) is 5.21. The lowest BCUT2D eigenvalue weighted by Gasteiger charge is -2.22. The Bertz CT molecular complexity index is 1440. The summed E-state index contributed by atoms with van der Waals surface area (Å²) in [6, 6.07) is 15.3. The predicted octanol–water partition coefficient (Wildman–Crippen LogP) is 5.82. The van der Waals surface area contributed by atoms with Crippen LogP contribution in [-0.2, 0) is 15.0 Å². The molecule has 5 rings (SSSR count). The molecule has 0 spiro atoms. The van der Waals surface area contributed by atoms with Crippen molar-refractivity contribution in [2.24, 2.45) is 0 Å². The van der Waals surface area contributed by atoms with Crippen molar-refractivity contribution in [1.82, 2.24) is 4.98 Å². The van der Waals surface area contributed by atoms with Crippen molar-refractivity contribution in [2.45, 2.75) is 32.2 Å². The minimum Gasteiger partial charge on any atom is -0.507 e. The van der Waals surface area contributed by atoms with Crippen LogP contribution in [0.15, 0.2) is 70.9 Å². The van der Waals surface area contributed by atoms with Crippen LogP contribution in [0, 0.1) is 0 Å². The summed E-state index contributed by atoms with van der Waals surface area (Å²) in [5.41, 5.74) is 1.70. The average molecular weight is 489 g/mol. The number of fused-ring (bicyclic) bond motifs is 1. The molecule has 0 aliphatic carbocycles. The van der Waals surface area contributed by atoms with Gasteiger partial charge in [-0.15, -0.1) is 0 Å². The molecule has 2 aromatic carbocycles. The summed E-state index contributed by atoms with van der Waals surface area (Å²) in [6.07, 6.45) is 1.47. The Morgan fingerprint density at radius 1 is 1.11 bits per heavy atom. The van der Waals surface area contributed by atoms with Crippen LogP contribution in [-0.4, -0.2) is 28.9 Å². The van der Waals surface area contributed by atoms with Crippen LogP contribution in [0.25, 0.3) is 16.0 Å². The Balaban J connectivity index is 1.74. The highest BCUT2D eigenvalue weighted by Gasteiger charge is 2.49. The maximum Gasteiger partial charge on any atom is 0.302 e. The van der Waals surface area contributed by atoms with Crippen molar-refractivity contribution in [3.05, 3.63) is 83.3 Å². The van der Waals surface area contributed by atoms with Gasteiger partial charge in [-0.05, 0) is 47.4 Å². The van der Waals surface area contributed by atoms with E-state index in [1.54, 1.807) is 24.3 Å². The van der Waals surface area contributed by atoms with E-state index >= 15 is 0 Å². The number of nitrogens with zero attached hydrogens (tertiary/aromatic N) is 2. The van der Waals surface area contributed by atoms with Gasteiger partial charge in [0.25, 0.3) is 5.78 Å². The van der Waals surface area contributed by atoms with E-state index in [9.17, 15) is 14.7 Å². The number of benzene rings is 2. The topological polar surface area (TPSA) is 92.9 Å². The highest BCUT2D eigenvalue weighted by Crippen LogP contribution is 2.45. The van der Waals surface area contributed by atoms with Crippen LogP contribution in [0.1, 0.15) is 43.7 Å². The van der Waals surface area contributed by atoms with E-state index in [1.807, 2.05) is 51.1 Å². The number of aliphatic hydroxyl groups excluding tert-OH is 1. The van der Waals surface area contributed by atoms with Gasteiger partial charge in [0.1, 0.15) is 23.3 Å². The molecule has 1 N–H and O–H groups in total. The number of hydrogen-bond donors (Lipinski definition) is 1. The van der Waals surface area contributed by atoms with Gasteiger partial charge in [-0.1, -0.05) is 50.3 Å². The Labute approximate surface area is 206 Å². The summed E-state index contributed by atoms with van der Waals surface area (Å²) >= 11 is 1.30. The number of aromatic nitrogens is 1. The molecule has 1 atom stereocenters. The Kier molecular flexibility index (Phi) is 5.48. The third-order valence-electron chi connectivity index (χ3n) is 6.07. The maximum absolute atomic E-state index is 13.4. The number of amides is 1. The standard InChI is InChI=1S/C27H24N2O5S/c1-27(2,3)15-11-12-18(33-4)16(14-15)23(30)21-22(19-9-7-13-34-19)29(25(32)24(21)31)26-28-17-8-5-6-10-20(17)35-26/h5-14,22,30H,1-4H3/b23-21+. The number of para-hydroxylation sites is 1. The highest BCUT2D eigenvalue weighted by atomic mass is 32.1. The number of carbonyl (C=O) groups excluding carboxylic acids is 2. The number of rotatable bonds is 4. The van der Waals surface area contributed by atoms with E-state index in [2.05, 4.69) is 4.98 Å². The molecule has 1 fully saturated rings. The lowest BCUT2D eigenvalue weighted by atomic mass is 9.85. The first-order valence-electron chi connectivity index (χ1n) is 11.1. The molecule has 1 saturated heterocycles. The Morgan fingerprint density at radius 3 is 2.54 bits per heavy atom. The van der Waals surface area contributed by atoms with E-state index in [-0.39, 0.29) is 16.7 Å². The zero-order valence-corrected chi connectivity index (χ0v) is 20.6. The van der Waals surface area contributed by atoms with Gasteiger partial charge in [0, 0.05) is 0 Å². The maximum atomic E-state index is 13.4. The number of aliphatic hydroxyl groups is 1. The molecular formula is C27H24N2O5S. The van der Waals surface area contributed by atoms with Crippen molar-refractivity contribution in [2.75, 3.05) is 12.0 Å². The predicted molar refractivity (Wildman–Crippen MR) is 135 cm³/mol. The van der Waals surface area contributed by atoms with Crippen LogP contribution in [0.2, 0.25) is 0 Å². The van der Waals surface area contributed by atoms with Crippen LogP contribution in [0.3, 0.4) is 0 Å². The van der Waals surface area contributed by atoms with Crippen molar-refractivity contribution < 1.29 is 23.8 Å². The number of hydrogen-bond acceptors (Lipinski definition) is 7. The van der Waals surface area contributed by atoms with Crippen LogP contribution < -0.4 is 9.64 Å². The molecule has 0 radical (unpaired) electrons. The van der Waals surface area contributed by atoms with Gasteiger partial charge in [0.15, 0.2) is 5.13 Å². The SMILES string of the molecule is COc1ccc(C(C)(C)C)cc1/C(O)=C1\C(=O)C(=O)N(c2nc3ccccc3s2)C1c1ccco1. The third kappa shape index (κ3) is 3.80. The molecular weight excluding hydrogens is 464 g/mol. The molecule has 8 heteroatoms. The minimum absolute atomic E-state index is 0.0754. The second kappa shape index (κ2) is 8.39.